The Morgan fingerprint density at radius 3 is 2.12 bits per heavy atom. The molecule has 0 heterocycles. The van der Waals surface area contributed by atoms with E-state index in [0.29, 0.717) is 0 Å². The summed E-state index contributed by atoms with van der Waals surface area (Å²) in [6.45, 7) is 1.60. The molecule has 46 valence electrons. The van der Waals surface area contributed by atoms with Crippen LogP contribution < -0.4 is 5.73 Å². The van der Waals surface area contributed by atoms with Gasteiger partial charge in [-0.2, -0.15) is 5.26 Å². The zero-order valence-corrected chi connectivity index (χ0v) is 4.59. The van der Waals surface area contributed by atoms with Gasteiger partial charge in [0.05, 0.1) is 0 Å². The molecule has 0 aliphatic carbocycles. The van der Waals surface area contributed by atoms with E-state index in [1.54, 1.807) is 6.92 Å². The lowest BCUT2D eigenvalue weighted by Gasteiger charge is -1.71. The van der Waals surface area contributed by atoms with Crippen LogP contribution in [0.15, 0.2) is 0 Å². The van der Waals surface area contributed by atoms with Crippen molar-refractivity contribution in [2.75, 3.05) is 0 Å². The molecule has 0 spiro atoms. The molecule has 3 N–H and O–H groups in total. The summed E-state index contributed by atoms with van der Waals surface area (Å²) >= 11 is 0. The maximum atomic E-state index is 9.37. The highest BCUT2D eigenvalue weighted by Crippen LogP contribution is 1.67. The van der Waals surface area contributed by atoms with Crippen molar-refractivity contribution in [1.29, 1.82) is 5.26 Å². The van der Waals surface area contributed by atoms with Crippen LogP contribution in [-0.4, -0.2) is 11.1 Å². The van der Waals surface area contributed by atoms with Crippen molar-refractivity contribution in [2.45, 2.75) is 13.3 Å². The predicted octanol–water partition coefficient (Wildman–Crippen LogP) is -0.0928. The summed E-state index contributed by atoms with van der Waals surface area (Å²) in [6.07, 6.45) is 1.47. The summed E-state index contributed by atoms with van der Waals surface area (Å²) in [6, 6.07) is 0. The third-order valence-corrected chi connectivity index (χ3v) is 0.302. The number of carbonyl (C=O) groups is 1. The van der Waals surface area contributed by atoms with Crippen molar-refractivity contribution in [3.63, 3.8) is 0 Å². The molecular weight excluding hydrogens is 108 g/mol. The van der Waals surface area contributed by atoms with Gasteiger partial charge in [-0.25, -0.2) is 0 Å². The highest BCUT2D eigenvalue weighted by molar-refractivity contribution is 5.66. The highest BCUT2D eigenvalue weighted by atomic mass is 16.4. The van der Waals surface area contributed by atoms with Crippen molar-refractivity contribution >= 4 is 5.97 Å². The van der Waals surface area contributed by atoms with E-state index in [4.69, 9.17) is 10.4 Å². The minimum absolute atomic E-state index is 0.222. The Balaban J connectivity index is 0. The first-order valence-electron chi connectivity index (χ1n) is 2.00. The van der Waals surface area contributed by atoms with Crippen molar-refractivity contribution in [1.82, 2.24) is 0 Å². The van der Waals surface area contributed by atoms with Crippen LogP contribution in [0.5, 0.6) is 0 Å². The Kier molecular flexibility index (Phi) is 11.4. The number of nitriles is 1. The standard InChI is InChI=1S/C3H6O2.CH2N2/c1-2-3(4)5;2-1-3/h2H2,1H3,(H,4,5);2H2. The van der Waals surface area contributed by atoms with Gasteiger partial charge in [0.15, 0.2) is 6.19 Å². The van der Waals surface area contributed by atoms with Gasteiger partial charge < -0.3 is 10.8 Å². The second kappa shape index (κ2) is 9.23. The molecule has 0 atom stereocenters. The Morgan fingerprint density at radius 2 is 2.12 bits per heavy atom. The lowest BCUT2D eigenvalue weighted by molar-refractivity contribution is -0.136. The fraction of sp³-hybridized carbons (Fsp3) is 0.500. The molecule has 0 aliphatic rings. The zero-order valence-electron chi connectivity index (χ0n) is 4.59. The normalized spacial score (nSPS) is 5.50. The van der Waals surface area contributed by atoms with Gasteiger partial charge in [0.2, 0.25) is 0 Å². The Morgan fingerprint density at radius 1 is 2.00 bits per heavy atom. The number of rotatable bonds is 1. The van der Waals surface area contributed by atoms with E-state index in [1.807, 2.05) is 0 Å². The van der Waals surface area contributed by atoms with Gasteiger partial charge in [-0.3, -0.25) is 4.79 Å². The molecule has 0 amide bonds. The van der Waals surface area contributed by atoms with Crippen LogP contribution in [0.4, 0.5) is 0 Å². The SMILES string of the molecule is CCC(=O)O.N#CN. The maximum Gasteiger partial charge on any atom is 0.303 e. The van der Waals surface area contributed by atoms with Crippen LogP contribution in [0.25, 0.3) is 0 Å². The zero-order chi connectivity index (χ0) is 6.99. The molecule has 0 fully saturated rings. The van der Waals surface area contributed by atoms with Gasteiger partial charge in [0, 0.05) is 6.42 Å². The van der Waals surface area contributed by atoms with Gasteiger partial charge in [-0.05, 0) is 0 Å². The molecule has 0 aromatic heterocycles. The minimum atomic E-state index is -0.745. The third-order valence-electron chi connectivity index (χ3n) is 0.302. The van der Waals surface area contributed by atoms with Crippen molar-refractivity contribution in [2.24, 2.45) is 5.73 Å². The summed E-state index contributed by atoms with van der Waals surface area (Å²) in [7, 11) is 0. The van der Waals surface area contributed by atoms with E-state index >= 15 is 0 Å². The topological polar surface area (TPSA) is 87.1 Å². The van der Waals surface area contributed by atoms with Gasteiger partial charge in [0.25, 0.3) is 0 Å². The molecule has 4 nitrogen and oxygen atoms in total. The van der Waals surface area contributed by atoms with Crippen molar-refractivity contribution in [3.8, 4) is 6.19 Å². The van der Waals surface area contributed by atoms with Crippen LogP contribution in [0.2, 0.25) is 0 Å². The summed E-state index contributed by atoms with van der Waals surface area (Å²) in [5.74, 6) is -0.745. The molecule has 0 radical (unpaired) electrons. The summed E-state index contributed by atoms with van der Waals surface area (Å²) in [4.78, 5) is 9.37. The average molecular weight is 116 g/mol. The van der Waals surface area contributed by atoms with E-state index in [1.165, 1.54) is 6.19 Å². The summed E-state index contributed by atoms with van der Waals surface area (Å²) in [5, 5.41) is 14.8. The van der Waals surface area contributed by atoms with Gasteiger partial charge in [-0.15, -0.1) is 0 Å². The number of nitrogens with two attached hydrogens (primary N) is 1. The van der Waals surface area contributed by atoms with Crippen LogP contribution >= 0.6 is 0 Å². The lowest BCUT2D eigenvalue weighted by Crippen LogP contribution is -1.86. The lowest BCUT2D eigenvalue weighted by atomic mass is 10.5. The van der Waals surface area contributed by atoms with E-state index in [0.717, 1.165) is 0 Å². The number of hydrogen-bond acceptors (Lipinski definition) is 3. The fourth-order valence-corrected chi connectivity index (χ4v) is 0. The summed E-state index contributed by atoms with van der Waals surface area (Å²) in [5.41, 5.74) is 4.15. The molecule has 0 aliphatic heterocycles. The Labute approximate surface area is 47.5 Å². The molecule has 8 heavy (non-hydrogen) atoms. The first kappa shape index (κ1) is 9.90. The number of nitrogens with zero attached hydrogens (tertiary/aromatic N) is 1. The number of carboxylic acids is 1. The highest BCUT2D eigenvalue weighted by Gasteiger charge is 1.80. The van der Waals surface area contributed by atoms with Crippen LogP contribution in [-0.2, 0) is 4.79 Å². The Hall–Kier alpha value is -1.24. The number of aliphatic carboxylic acids is 1. The van der Waals surface area contributed by atoms with E-state index in [-0.39, 0.29) is 6.42 Å². The van der Waals surface area contributed by atoms with E-state index in [2.05, 4.69) is 5.73 Å². The number of hydrogen-bond donors (Lipinski definition) is 2. The summed E-state index contributed by atoms with van der Waals surface area (Å²) < 4.78 is 0. The molecule has 0 bridgehead atoms. The molecule has 0 aromatic carbocycles. The second-order valence-corrected chi connectivity index (χ2v) is 0.876. The molecular formula is C4H8N2O2. The predicted molar refractivity (Wildman–Crippen MR) is 27.7 cm³/mol. The molecule has 4 heteroatoms. The molecule has 0 unspecified atom stereocenters. The van der Waals surface area contributed by atoms with Gasteiger partial charge in [0.1, 0.15) is 0 Å². The van der Waals surface area contributed by atoms with Crippen LogP contribution in [0, 0.1) is 11.5 Å². The minimum Gasteiger partial charge on any atom is -0.481 e. The molecule has 0 saturated heterocycles. The smallest absolute Gasteiger partial charge is 0.303 e. The van der Waals surface area contributed by atoms with Crippen molar-refractivity contribution < 1.29 is 9.90 Å². The van der Waals surface area contributed by atoms with Crippen LogP contribution in [0.1, 0.15) is 13.3 Å². The van der Waals surface area contributed by atoms with Crippen LogP contribution in [0.3, 0.4) is 0 Å². The fourth-order valence-electron chi connectivity index (χ4n) is 0. The first-order valence-corrected chi connectivity index (χ1v) is 2.00. The van der Waals surface area contributed by atoms with E-state index < -0.39 is 5.97 Å². The third kappa shape index (κ3) is 117. The first-order chi connectivity index (χ1) is 3.68. The average Bonchev–Trinajstić information content (AvgIpc) is 1.69. The van der Waals surface area contributed by atoms with Gasteiger partial charge >= 0.3 is 5.97 Å². The maximum absolute atomic E-state index is 9.37. The van der Waals surface area contributed by atoms with Crippen molar-refractivity contribution in [3.05, 3.63) is 0 Å². The van der Waals surface area contributed by atoms with E-state index in [9.17, 15) is 4.79 Å². The quantitative estimate of drug-likeness (QED) is 0.370. The largest absolute Gasteiger partial charge is 0.481 e. The number of carboxylic acid groups (broad SMARTS) is 1. The molecule has 0 saturated carbocycles. The molecule has 0 aromatic rings. The van der Waals surface area contributed by atoms with Gasteiger partial charge in [-0.1, -0.05) is 6.92 Å². The molecule has 0 rings (SSSR count). The second-order valence-electron chi connectivity index (χ2n) is 0.876. The Bertz CT molecular complexity index is 94.7. The monoisotopic (exact) mass is 116 g/mol.